The highest BCUT2D eigenvalue weighted by atomic mass is 16.5. The Bertz CT molecular complexity index is 1380. The first kappa shape index (κ1) is 23.1. The number of methoxy groups -OCH3 is 1. The molecule has 7 nitrogen and oxygen atoms in total. The molecule has 1 saturated heterocycles. The SMILES string of the molecule is COCCC(=O)N1CCN(c2nc(C3CC3)c(C3=c4cccnc4=CC#CC3)cc2C#N)C[C@H]1C. The molecule has 1 aliphatic heterocycles. The van der Waals surface area contributed by atoms with E-state index in [1.165, 1.54) is 0 Å². The number of anilines is 1. The van der Waals surface area contributed by atoms with Crippen LogP contribution in [0, 0.1) is 23.2 Å². The van der Waals surface area contributed by atoms with Crippen molar-refractivity contribution in [1.82, 2.24) is 14.9 Å². The summed E-state index contributed by atoms with van der Waals surface area (Å²) in [7, 11) is 1.61. The number of hydrogen-bond acceptors (Lipinski definition) is 6. The van der Waals surface area contributed by atoms with Crippen molar-refractivity contribution in [1.29, 1.82) is 5.26 Å². The average Bonchev–Trinajstić information content (AvgIpc) is 3.73. The highest BCUT2D eigenvalue weighted by Gasteiger charge is 2.33. The number of carbonyl (C=O) groups excluding carboxylic acids is 1. The lowest BCUT2D eigenvalue weighted by Crippen LogP contribution is -2.54. The Morgan fingerprint density at radius 2 is 2.20 bits per heavy atom. The molecule has 0 aromatic carbocycles. The standard InChI is InChI=1S/C28H29N5O2/c1-19-18-32(13-14-33(19)26(34)11-15-35-2)28-21(17-29)16-24(27(31-28)20-9-10-20)22-6-3-4-8-25-23(22)7-5-12-30-25/h5,7-8,12,16,19-20H,6,9-11,13-15,18H2,1-2H3/t19-/m1/s1. The van der Waals surface area contributed by atoms with E-state index in [0.717, 1.165) is 46.1 Å². The van der Waals surface area contributed by atoms with Gasteiger partial charge < -0.3 is 14.5 Å². The van der Waals surface area contributed by atoms with Crippen LogP contribution in [0.15, 0.2) is 24.4 Å². The summed E-state index contributed by atoms with van der Waals surface area (Å²) in [4.78, 5) is 26.3. The number of hydrogen-bond donors (Lipinski definition) is 0. The smallest absolute Gasteiger partial charge is 0.225 e. The van der Waals surface area contributed by atoms with Gasteiger partial charge in [0, 0.05) is 68.2 Å². The maximum Gasteiger partial charge on any atom is 0.225 e. The normalized spacial score (nSPS) is 19.1. The first-order chi connectivity index (χ1) is 17.1. The Morgan fingerprint density at radius 1 is 1.34 bits per heavy atom. The zero-order chi connectivity index (χ0) is 24.4. The van der Waals surface area contributed by atoms with Gasteiger partial charge >= 0.3 is 0 Å². The van der Waals surface area contributed by atoms with Crippen LogP contribution < -0.4 is 15.5 Å². The van der Waals surface area contributed by atoms with Crippen molar-refractivity contribution in [2.75, 3.05) is 38.3 Å². The predicted molar refractivity (Wildman–Crippen MR) is 134 cm³/mol. The molecular formula is C28H29N5O2. The Labute approximate surface area is 205 Å². The number of ether oxygens (including phenoxy) is 1. The van der Waals surface area contributed by atoms with Crippen molar-refractivity contribution < 1.29 is 9.53 Å². The minimum atomic E-state index is 0.0329. The summed E-state index contributed by atoms with van der Waals surface area (Å²) in [6.07, 6.45) is 6.84. The van der Waals surface area contributed by atoms with Gasteiger partial charge in [0.05, 0.1) is 29.6 Å². The summed E-state index contributed by atoms with van der Waals surface area (Å²) >= 11 is 0. The number of aromatic nitrogens is 2. The minimum Gasteiger partial charge on any atom is -0.384 e. The number of rotatable bonds is 6. The molecule has 0 spiro atoms. The van der Waals surface area contributed by atoms with Crippen LogP contribution in [0.25, 0.3) is 11.6 Å². The summed E-state index contributed by atoms with van der Waals surface area (Å²) in [5, 5.41) is 12.0. The molecule has 178 valence electrons. The number of pyridine rings is 2. The molecule has 5 rings (SSSR count). The highest BCUT2D eigenvalue weighted by Crippen LogP contribution is 2.43. The van der Waals surface area contributed by atoms with Gasteiger partial charge in [-0.05, 0) is 37.5 Å². The van der Waals surface area contributed by atoms with E-state index in [1.807, 2.05) is 23.1 Å². The van der Waals surface area contributed by atoms with Crippen LogP contribution in [-0.2, 0) is 9.53 Å². The summed E-state index contributed by atoms with van der Waals surface area (Å²) in [6, 6.07) is 8.46. The van der Waals surface area contributed by atoms with Crippen LogP contribution in [0.3, 0.4) is 0 Å². The Morgan fingerprint density at radius 3 is 2.94 bits per heavy atom. The number of fused-ring (bicyclic) bond motifs is 1. The molecule has 0 N–H and O–H groups in total. The third-order valence-corrected chi connectivity index (χ3v) is 6.95. The molecule has 0 bridgehead atoms. The van der Waals surface area contributed by atoms with Gasteiger partial charge in [-0.25, -0.2) is 4.98 Å². The fraction of sp³-hybridized carbons (Fsp3) is 0.429. The van der Waals surface area contributed by atoms with E-state index in [-0.39, 0.29) is 11.9 Å². The average molecular weight is 468 g/mol. The van der Waals surface area contributed by atoms with Crippen LogP contribution in [0.4, 0.5) is 5.82 Å². The Hall–Kier alpha value is -3.68. The van der Waals surface area contributed by atoms with Gasteiger partial charge in [0.25, 0.3) is 0 Å². The molecule has 2 fully saturated rings. The Kier molecular flexibility index (Phi) is 6.53. The van der Waals surface area contributed by atoms with Gasteiger partial charge in [-0.2, -0.15) is 5.26 Å². The lowest BCUT2D eigenvalue weighted by Gasteiger charge is -2.41. The second kappa shape index (κ2) is 9.90. The van der Waals surface area contributed by atoms with Gasteiger partial charge in [-0.1, -0.05) is 17.9 Å². The third-order valence-electron chi connectivity index (χ3n) is 6.95. The van der Waals surface area contributed by atoms with Crippen molar-refractivity contribution in [3.8, 4) is 17.9 Å². The first-order valence-electron chi connectivity index (χ1n) is 12.2. The maximum absolute atomic E-state index is 12.6. The monoisotopic (exact) mass is 467 g/mol. The zero-order valence-electron chi connectivity index (χ0n) is 20.3. The van der Waals surface area contributed by atoms with Gasteiger partial charge in [0.1, 0.15) is 11.9 Å². The van der Waals surface area contributed by atoms with E-state index in [9.17, 15) is 10.1 Å². The quantitative estimate of drug-likeness (QED) is 0.602. The van der Waals surface area contributed by atoms with Gasteiger partial charge in [-0.15, -0.1) is 0 Å². The van der Waals surface area contributed by atoms with Crippen molar-refractivity contribution in [3.05, 3.63) is 51.8 Å². The van der Waals surface area contributed by atoms with E-state index >= 15 is 0 Å². The van der Waals surface area contributed by atoms with Gasteiger partial charge in [0.2, 0.25) is 5.91 Å². The van der Waals surface area contributed by atoms with Crippen LogP contribution in [-0.4, -0.2) is 60.2 Å². The largest absolute Gasteiger partial charge is 0.384 e. The van der Waals surface area contributed by atoms with E-state index in [4.69, 9.17) is 9.72 Å². The highest BCUT2D eigenvalue weighted by molar-refractivity contribution is 5.77. The minimum absolute atomic E-state index is 0.0329. The first-order valence-corrected chi connectivity index (χ1v) is 12.2. The molecule has 2 aromatic heterocycles. The van der Waals surface area contributed by atoms with Crippen LogP contribution in [0.1, 0.15) is 55.3 Å². The summed E-state index contributed by atoms with van der Waals surface area (Å²) in [5.41, 5.74) is 3.73. The molecule has 2 aliphatic carbocycles. The molecule has 35 heavy (non-hydrogen) atoms. The van der Waals surface area contributed by atoms with Crippen molar-refractivity contribution in [2.24, 2.45) is 0 Å². The number of nitriles is 1. The lowest BCUT2D eigenvalue weighted by atomic mass is 9.95. The number of nitrogens with zero attached hydrogens (tertiary/aromatic N) is 5. The van der Waals surface area contributed by atoms with E-state index in [0.29, 0.717) is 50.6 Å². The number of piperazine rings is 1. The fourth-order valence-corrected chi connectivity index (χ4v) is 4.99. The summed E-state index contributed by atoms with van der Waals surface area (Å²) in [5.74, 6) is 7.57. The Balaban J connectivity index is 1.53. The molecule has 7 heteroatoms. The number of carbonyl (C=O) groups is 1. The second-order valence-corrected chi connectivity index (χ2v) is 9.36. The number of amides is 1. The van der Waals surface area contributed by atoms with E-state index in [1.54, 1.807) is 13.3 Å². The maximum atomic E-state index is 12.6. The molecule has 2 aromatic rings. The van der Waals surface area contributed by atoms with E-state index < -0.39 is 0 Å². The molecule has 1 amide bonds. The molecule has 1 saturated carbocycles. The van der Waals surface area contributed by atoms with Crippen molar-refractivity contribution >= 4 is 23.4 Å². The van der Waals surface area contributed by atoms with E-state index in [2.05, 4.69) is 40.8 Å². The zero-order valence-corrected chi connectivity index (χ0v) is 20.3. The topological polar surface area (TPSA) is 82.3 Å². The third kappa shape index (κ3) is 4.65. The molecule has 0 unspecified atom stereocenters. The van der Waals surface area contributed by atoms with Gasteiger partial charge in [-0.3, -0.25) is 9.78 Å². The molecule has 1 atom stereocenters. The van der Waals surface area contributed by atoms with Crippen LogP contribution in [0.2, 0.25) is 0 Å². The molecular weight excluding hydrogens is 438 g/mol. The summed E-state index contributed by atoms with van der Waals surface area (Å²) < 4.78 is 5.07. The molecule has 0 radical (unpaired) electrons. The second-order valence-electron chi connectivity index (χ2n) is 9.36. The predicted octanol–water partition coefficient (Wildman–Crippen LogP) is 1.69. The lowest BCUT2D eigenvalue weighted by molar-refractivity contribution is -0.134. The molecule has 3 aliphatic rings. The van der Waals surface area contributed by atoms with Gasteiger partial charge in [0.15, 0.2) is 0 Å². The van der Waals surface area contributed by atoms with Crippen LogP contribution in [0.5, 0.6) is 0 Å². The van der Waals surface area contributed by atoms with Crippen molar-refractivity contribution in [2.45, 2.75) is 44.6 Å². The molecule has 3 heterocycles. The van der Waals surface area contributed by atoms with Crippen molar-refractivity contribution in [3.63, 3.8) is 0 Å². The van der Waals surface area contributed by atoms with Crippen LogP contribution >= 0.6 is 0 Å². The summed E-state index contributed by atoms with van der Waals surface area (Å²) in [6.45, 7) is 4.39. The fourth-order valence-electron chi connectivity index (χ4n) is 4.99.